The van der Waals surface area contributed by atoms with Gasteiger partial charge >= 0.3 is 0 Å². The van der Waals surface area contributed by atoms with Gasteiger partial charge in [0.25, 0.3) is 0 Å². The minimum Gasteiger partial charge on any atom is -0.495 e. The lowest BCUT2D eigenvalue weighted by atomic mass is 9.87. The Labute approximate surface area is 164 Å². The first-order valence-corrected chi connectivity index (χ1v) is 9.53. The van der Waals surface area contributed by atoms with E-state index >= 15 is 0 Å². The number of carbonyl (C=O) groups is 1. The molecule has 27 heavy (non-hydrogen) atoms. The fourth-order valence-corrected chi connectivity index (χ4v) is 3.69. The number of methoxy groups -OCH3 is 1. The van der Waals surface area contributed by atoms with Gasteiger partial charge in [0, 0.05) is 5.02 Å². The number of benzene rings is 2. The number of carbonyl (C=O) groups excluding carboxylic acids is 1. The van der Waals surface area contributed by atoms with E-state index in [1.54, 1.807) is 25.3 Å². The molecule has 0 aromatic heterocycles. The number of likely N-dealkylation sites (tertiary alicyclic amines) is 1. The monoisotopic (exact) mass is 388 g/mol. The molecule has 144 valence electrons. The highest BCUT2D eigenvalue weighted by Gasteiger charge is 2.27. The molecular formula is C21H25ClN2O3. The summed E-state index contributed by atoms with van der Waals surface area (Å²) < 4.78 is 5.26. The number of halogens is 1. The fraction of sp³-hybridized carbons (Fsp3) is 0.381. The van der Waals surface area contributed by atoms with Crippen LogP contribution in [0.2, 0.25) is 5.02 Å². The average molecular weight is 389 g/mol. The summed E-state index contributed by atoms with van der Waals surface area (Å²) in [6.45, 7) is 1.88. The first-order valence-electron chi connectivity index (χ1n) is 9.15. The van der Waals surface area contributed by atoms with Gasteiger partial charge in [0.2, 0.25) is 5.91 Å². The summed E-state index contributed by atoms with van der Waals surface area (Å²) in [7, 11) is 1.56. The van der Waals surface area contributed by atoms with Gasteiger partial charge in [0.05, 0.1) is 25.4 Å². The van der Waals surface area contributed by atoms with E-state index in [4.69, 9.17) is 16.3 Å². The molecule has 0 aliphatic carbocycles. The molecule has 1 atom stereocenters. The number of rotatable bonds is 6. The molecule has 0 radical (unpaired) electrons. The predicted molar refractivity (Wildman–Crippen MR) is 107 cm³/mol. The maximum Gasteiger partial charge on any atom is 0.238 e. The van der Waals surface area contributed by atoms with Crippen LogP contribution in [0.15, 0.2) is 48.5 Å². The summed E-state index contributed by atoms with van der Waals surface area (Å²) in [5, 5.41) is 14.0. The van der Waals surface area contributed by atoms with Crippen LogP contribution in [0.1, 0.15) is 24.5 Å². The van der Waals surface area contributed by atoms with Crippen LogP contribution >= 0.6 is 11.6 Å². The second kappa shape index (κ2) is 9.22. The number of hydrogen-bond donors (Lipinski definition) is 2. The molecule has 3 rings (SSSR count). The van der Waals surface area contributed by atoms with Gasteiger partial charge in [-0.2, -0.15) is 0 Å². The van der Waals surface area contributed by atoms with Crippen molar-refractivity contribution in [3.05, 3.63) is 59.1 Å². The third-order valence-corrected chi connectivity index (χ3v) is 5.26. The van der Waals surface area contributed by atoms with Crippen molar-refractivity contribution in [1.82, 2.24) is 4.90 Å². The number of hydrogen-bond acceptors (Lipinski definition) is 4. The summed E-state index contributed by atoms with van der Waals surface area (Å²) in [6.07, 6.45) is 1.28. The quantitative estimate of drug-likeness (QED) is 0.791. The maximum atomic E-state index is 12.4. The lowest BCUT2D eigenvalue weighted by molar-refractivity contribution is -0.117. The van der Waals surface area contributed by atoms with Crippen LogP contribution in [0.3, 0.4) is 0 Å². The third kappa shape index (κ3) is 5.22. The Morgan fingerprint density at radius 3 is 2.63 bits per heavy atom. The highest BCUT2D eigenvalue weighted by molar-refractivity contribution is 6.31. The molecule has 1 saturated heterocycles. The van der Waals surface area contributed by atoms with E-state index in [-0.39, 0.29) is 11.8 Å². The van der Waals surface area contributed by atoms with Gasteiger partial charge in [-0.25, -0.2) is 0 Å². The van der Waals surface area contributed by atoms with E-state index in [1.165, 1.54) is 0 Å². The van der Waals surface area contributed by atoms with Crippen molar-refractivity contribution in [2.45, 2.75) is 18.9 Å². The van der Waals surface area contributed by atoms with Crippen molar-refractivity contribution in [1.29, 1.82) is 0 Å². The molecule has 0 spiro atoms. The minimum absolute atomic E-state index is 0.0994. The number of nitrogens with zero attached hydrogens (tertiary/aromatic N) is 1. The zero-order chi connectivity index (χ0) is 19.2. The number of amides is 1. The molecule has 1 heterocycles. The molecule has 2 aromatic rings. The van der Waals surface area contributed by atoms with Crippen LogP contribution in [-0.2, 0) is 4.79 Å². The van der Waals surface area contributed by atoms with E-state index < -0.39 is 6.10 Å². The van der Waals surface area contributed by atoms with Crippen LogP contribution in [0.4, 0.5) is 5.69 Å². The van der Waals surface area contributed by atoms with Gasteiger partial charge in [-0.3, -0.25) is 9.69 Å². The van der Waals surface area contributed by atoms with E-state index in [0.717, 1.165) is 31.5 Å². The van der Waals surface area contributed by atoms with Crippen molar-refractivity contribution in [3.8, 4) is 5.75 Å². The van der Waals surface area contributed by atoms with E-state index in [9.17, 15) is 9.90 Å². The van der Waals surface area contributed by atoms with Crippen LogP contribution < -0.4 is 10.1 Å². The number of piperidine rings is 1. The van der Waals surface area contributed by atoms with E-state index in [1.807, 2.05) is 30.3 Å². The van der Waals surface area contributed by atoms with Crippen molar-refractivity contribution in [2.75, 3.05) is 32.1 Å². The van der Waals surface area contributed by atoms with Gasteiger partial charge in [0.1, 0.15) is 5.75 Å². The number of nitrogens with one attached hydrogen (secondary N) is 1. The standard InChI is InChI=1S/C21H25ClN2O3/c1-27-19-8-7-17(22)13-18(19)23-20(25)14-24-11-9-16(10-12-24)21(26)15-5-3-2-4-6-15/h2-8,13,16,21,26H,9-12,14H2,1H3,(H,23,25). The topological polar surface area (TPSA) is 61.8 Å². The summed E-state index contributed by atoms with van der Waals surface area (Å²) in [5.41, 5.74) is 1.53. The summed E-state index contributed by atoms with van der Waals surface area (Å²) in [6, 6.07) is 14.9. The molecule has 1 aliphatic heterocycles. The number of anilines is 1. The third-order valence-electron chi connectivity index (χ3n) is 5.02. The van der Waals surface area contributed by atoms with Crippen molar-refractivity contribution in [2.24, 2.45) is 5.92 Å². The molecule has 1 fully saturated rings. The first-order chi connectivity index (χ1) is 13.1. The molecule has 1 amide bonds. The SMILES string of the molecule is COc1ccc(Cl)cc1NC(=O)CN1CCC(C(O)c2ccccc2)CC1. The van der Waals surface area contributed by atoms with Crippen LogP contribution in [0.5, 0.6) is 5.75 Å². The molecule has 0 bridgehead atoms. The molecule has 1 unspecified atom stereocenters. The Morgan fingerprint density at radius 2 is 1.96 bits per heavy atom. The largest absolute Gasteiger partial charge is 0.495 e. The lowest BCUT2D eigenvalue weighted by Crippen LogP contribution is -2.40. The molecule has 1 aliphatic rings. The Hall–Kier alpha value is -2.08. The second-order valence-electron chi connectivity index (χ2n) is 6.86. The first kappa shape index (κ1) is 19.7. The zero-order valence-corrected chi connectivity index (χ0v) is 16.2. The molecule has 0 saturated carbocycles. The fourth-order valence-electron chi connectivity index (χ4n) is 3.52. The van der Waals surface area contributed by atoms with Crippen molar-refractivity contribution < 1.29 is 14.6 Å². The lowest BCUT2D eigenvalue weighted by Gasteiger charge is -2.34. The summed E-state index contributed by atoms with van der Waals surface area (Å²) in [5.74, 6) is 0.704. The van der Waals surface area contributed by atoms with Gasteiger partial charge in [0.15, 0.2) is 0 Å². The minimum atomic E-state index is -0.446. The maximum absolute atomic E-state index is 12.4. The van der Waals surface area contributed by atoms with Crippen LogP contribution in [0.25, 0.3) is 0 Å². The Bertz CT molecular complexity index is 761. The number of aliphatic hydroxyl groups excluding tert-OH is 1. The van der Waals surface area contributed by atoms with Crippen molar-refractivity contribution >= 4 is 23.2 Å². The van der Waals surface area contributed by atoms with Crippen LogP contribution in [-0.4, -0.2) is 42.7 Å². The Kier molecular flexibility index (Phi) is 6.72. The smallest absolute Gasteiger partial charge is 0.238 e. The molecular weight excluding hydrogens is 364 g/mol. The number of ether oxygens (including phenoxy) is 1. The highest BCUT2D eigenvalue weighted by atomic mass is 35.5. The van der Waals surface area contributed by atoms with Crippen molar-refractivity contribution in [3.63, 3.8) is 0 Å². The van der Waals surface area contributed by atoms with E-state index in [2.05, 4.69) is 10.2 Å². The van der Waals surface area contributed by atoms with Gasteiger partial charge in [-0.1, -0.05) is 41.9 Å². The Balaban J connectivity index is 1.50. The second-order valence-corrected chi connectivity index (χ2v) is 7.30. The molecule has 2 N–H and O–H groups in total. The summed E-state index contributed by atoms with van der Waals surface area (Å²) >= 11 is 6.00. The molecule has 6 heteroatoms. The van der Waals surface area contributed by atoms with Crippen LogP contribution in [0, 0.1) is 5.92 Å². The Morgan fingerprint density at radius 1 is 1.26 bits per heavy atom. The molecule has 5 nitrogen and oxygen atoms in total. The average Bonchev–Trinajstić information content (AvgIpc) is 2.69. The van der Waals surface area contributed by atoms with Gasteiger partial charge < -0.3 is 15.2 Å². The molecule has 2 aromatic carbocycles. The zero-order valence-electron chi connectivity index (χ0n) is 15.4. The van der Waals surface area contributed by atoms with Gasteiger partial charge in [-0.15, -0.1) is 0 Å². The normalized spacial score (nSPS) is 16.7. The highest BCUT2D eigenvalue weighted by Crippen LogP contribution is 2.31. The number of aliphatic hydroxyl groups is 1. The van der Waals surface area contributed by atoms with Gasteiger partial charge in [-0.05, 0) is 55.6 Å². The van der Waals surface area contributed by atoms with E-state index in [0.29, 0.717) is 23.0 Å². The predicted octanol–water partition coefficient (Wildman–Crippen LogP) is 3.73. The summed E-state index contributed by atoms with van der Waals surface area (Å²) in [4.78, 5) is 14.5.